The molecule has 0 aliphatic carbocycles. The fourth-order valence-corrected chi connectivity index (χ4v) is 5.27. The van der Waals surface area contributed by atoms with Crippen LogP contribution >= 0.6 is 11.6 Å². The first-order valence-electron chi connectivity index (χ1n) is 14.2. The third-order valence-electron chi connectivity index (χ3n) is 7.16. The van der Waals surface area contributed by atoms with E-state index in [4.69, 9.17) is 25.8 Å². The van der Waals surface area contributed by atoms with Gasteiger partial charge in [-0.2, -0.15) is 0 Å². The summed E-state index contributed by atoms with van der Waals surface area (Å²) in [6.45, 7) is 4.38. The highest BCUT2D eigenvalue weighted by Gasteiger charge is 2.28. The van der Waals surface area contributed by atoms with E-state index in [1.807, 2.05) is 18.2 Å². The van der Waals surface area contributed by atoms with Crippen molar-refractivity contribution < 1.29 is 14.2 Å². The Morgan fingerprint density at radius 3 is 1.08 bits per heavy atom. The quantitative estimate of drug-likeness (QED) is 0.100. The molecule has 0 N–H and O–H groups in total. The Kier molecular flexibility index (Phi) is 15.2. The van der Waals surface area contributed by atoms with Crippen LogP contribution in [-0.2, 0) is 34.0 Å². The molecule has 206 valence electrons. The van der Waals surface area contributed by atoms with Gasteiger partial charge in [-0.3, -0.25) is 0 Å². The van der Waals surface area contributed by atoms with E-state index in [1.165, 1.54) is 16.7 Å². The van der Waals surface area contributed by atoms with E-state index in [2.05, 4.69) is 72.8 Å². The number of benzene rings is 3. The van der Waals surface area contributed by atoms with Crippen LogP contribution in [0.15, 0.2) is 91.0 Å². The molecule has 0 fully saturated rings. The van der Waals surface area contributed by atoms with Gasteiger partial charge in [-0.25, -0.2) is 0 Å². The Morgan fingerprint density at radius 2 is 0.763 bits per heavy atom. The number of ether oxygens (including phenoxy) is 3. The first kappa shape index (κ1) is 30.4. The lowest BCUT2D eigenvalue weighted by Crippen LogP contribution is -2.24. The van der Waals surface area contributed by atoms with Gasteiger partial charge in [-0.1, -0.05) is 91.0 Å². The van der Waals surface area contributed by atoms with E-state index in [1.54, 1.807) is 0 Å². The molecule has 0 saturated heterocycles. The summed E-state index contributed by atoms with van der Waals surface area (Å²) < 4.78 is 18.1. The van der Waals surface area contributed by atoms with Crippen LogP contribution < -0.4 is 0 Å². The van der Waals surface area contributed by atoms with Gasteiger partial charge in [-0.05, 0) is 73.5 Å². The molecule has 0 spiro atoms. The van der Waals surface area contributed by atoms with Crippen LogP contribution in [0.4, 0.5) is 0 Å². The fourth-order valence-electron chi connectivity index (χ4n) is 5.13. The van der Waals surface area contributed by atoms with E-state index >= 15 is 0 Å². The number of alkyl halides is 1. The van der Waals surface area contributed by atoms with Crippen molar-refractivity contribution in [3.63, 3.8) is 0 Å². The lowest BCUT2D eigenvalue weighted by molar-refractivity contribution is 0.0685. The molecule has 0 aliphatic rings. The summed E-state index contributed by atoms with van der Waals surface area (Å²) in [5.74, 6) is 0.710. The molecule has 3 rings (SSSR count). The second-order valence-corrected chi connectivity index (χ2v) is 10.6. The predicted molar refractivity (Wildman–Crippen MR) is 158 cm³/mol. The van der Waals surface area contributed by atoms with E-state index in [-0.39, 0.29) is 5.41 Å². The largest absolute Gasteiger partial charge is 0.377 e. The molecule has 0 heterocycles. The highest BCUT2D eigenvalue weighted by Crippen LogP contribution is 2.40. The number of hydrogen-bond donors (Lipinski definition) is 0. The van der Waals surface area contributed by atoms with Crippen LogP contribution in [0.2, 0.25) is 0 Å². The maximum atomic E-state index is 6.19. The Balaban J connectivity index is 1.47. The SMILES string of the molecule is ClCCCC(CCCOCc1ccccc1)(CCCOCc1ccccc1)CCCOCc1ccccc1. The summed E-state index contributed by atoms with van der Waals surface area (Å²) in [6, 6.07) is 31.2. The molecule has 0 atom stereocenters. The molecule has 0 aliphatic heterocycles. The summed E-state index contributed by atoms with van der Waals surface area (Å²) in [7, 11) is 0. The summed E-state index contributed by atoms with van der Waals surface area (Å²) in [6.07, 6.45) is 8.82. The van der Waals surface area contributed by atoms with E-state index in [0.717, 1.165) is 71.2 Å². The van der Waals surface area contributed by atoms with Crippen LogP contribution in [-0.4, -0.2) is 25.7 Å². The molecule has 0 bridgehead atoms. The summed E-state index contributed by atoms with van der Waals surface area (Å²) in [4.78, 5) is 0. The monoisotopic (exact) mass is 536 g/mol. The fraction of sp³-hybridized carbons (Fsp3) is 0.471. The number of hydrogen-bond acceptors (Lipinski definition) is 3. The zero-order chi connectivity index (χ0) is 26.6. The van der Waals surface area contributed by atoms with Gasteiger partial charge in [0.15, 0.2) is 0 Å². The Bertz CT molecular complexity index is 829. The lowest BCUT2D eigenvalue weighted by atomic mass is 9.72. The zero-order valence-corrected chi connectivity index (χ0v) is 23.6. The third-order valence-corrected chi connectivity index (χ3v) is 7.43. The molecule has 0 radical (unpaired) electrons. The molecule has 0 aromatic heterocycles. The first-order chi connectivity index (χ1) is 18.8. The van der Waals surface area contributed by atoms with Gasteiger partial charge in [0, 0.05) is 25.7 Å². The van der Waals surface area contributed by atoms with Crippen molar-refractivity contribution in [3.05, 3.63) is 108 Å². The van der Waals surface area contributed by atoms with Crippen LogP contribution in [0.1, 0.15) is 68.1 Å². The normalized spacial score (nSPS) is 11.6. The van der Waals surface area contributed by atoms with E-state index in [9.17, 15) is 0 Å². The number of halogens is 1. The van der Waals surface area contributed by atoms with Gasteiger partial charge >= 0.3 is 0 Å². The van der Waals surface area contributed by atoms with Gasteiger partial charge in [0.25, 0.3) is 0 Å². The zero-order valence-electron chi connectivity index (χ0n) is 22.9. The van der Waals surface area contributed by atoms with E-state index in [0.29, 0.717) is 25.7 Å². The molecule has 3 aromatic rings. The third kappa shape index (κ3) is 12.6. The molecule has 38 heavy (non-hydrogen) atoms. The summed E-state index contributed by atoms with van der Waals surface area (Å²) in [5, 5.41) is 0. The molecule has 0 saturated carbocycles. The van der Waals surface area contributed by atoms with Gasteiger partial charge in [0.2, 0.25) is 0 Å². The van der Waals surface area contributed by atoms with E-state index < -0.39 is 0 Å². The second kappa shape index (κ2) is 19.0. The maximum absolute atomic E-state index is 6.19. The molecule has 0 unspecified atom stereocenters. The minimum Gasteiger partial charge on any atom is -0.377 e. The van der Waals surface area contributed by atoms with Gasteiger partial charge in [-0.15, -0.1) is 11.6 Å². The highest BCUT2D eigenvalue weighted by molar-refractivity contribution is 6.17. The van der Waals surface area contributed by atoms with Crippen molar-refractivity contribution >= 4 is 11.6 Å². The van der Waals surface area contributed by atoms with Gasteiger partial charge in [0.1, 0.15) is 0 Å². The lowest BCUT2D eigenvalue weighted by Gasteiger charge is -2.35. The Morgan fingerprint density at radius 1 is 0.447 bits per heavy atom. The smallest absolute Gasteiger partial charge is 0.0716 e. The summed E-state index contributed by atoms with van der Waals surface area (Å²) in [5.41, 5.74) is 3.93. The molecule has 4 heteroatoms. The minimum absolute atomic E-state index is 0.247. The Hall–Kier alpha value is -2.17. The van der Waals surface area contributed by atoms with Crippen molar-refractivity contribution in [1.29, 1.82) is 0 Å². The van der Waals surface area contributed by atoms with Crippen molar-refractivity contribution in [2.75, 3.05) is 25.7 Å². The average molecular weight is 537 g/mol. The van der Waals surface area contributed by atoms with Crippen molar-refractivity contribution in [1.82, 2.24) is 0 Å². The topological polar surface area (TPSA) is 27.7 Å². The maximum Gasteiger partial charge on any atom is 0.0716 e. The van der Waals surface area contributed by atoms with Gasteiger partial charge < -0.3 is 14.2 Å². The molecule has 3 aromatic carbocycles. The average Bonchev–Trinajstić information content (AvgIpc) is 2.97. The highest BCUT2D eigenvalue weighted by atomic mass is 35.5. The minimum atomic E-state index is 0.247. The standard InChI is InChI=1S/C34H45ClO3/c35-24-10-20-34(21-11-25-36-28-31-14-4-1-5-15-31,22-12-26-37-29-32-16-6-2-7-17-32)23-13-27-38-30-33-18-8-3-9-19-33/h1-9,14-19H,10-13,20-30H2. The van der Waals surface area contributed by atoms with Crippen molar-refractivity contribution in [3.8, 4) is 0 Å². The van der Waals surface area contributed by atoms with Crippen molar-refractivity contribution in [2.24, 2.45) is 5.41 Å². The second-order valence-electron chi connectivity index (χ2n) is 10.2. The van der Waals surface area contributed by atoms with Crippen LogP contribution in [0.25, 0.3) is 0 Å². The summed E-state index contributed by atoms with van der Waals surface area (Å²) >= 11 is 6.19. The van der Waals surface area contributed by atoms with Crippen LogP contribution in [0.5, 0.6) is 0 Å². The van der Waals surface area contributed by atoms with Crippen molar-refractivity contribution in [2.45, 2.75) is 71.2 Å². The Labute approximate surface area is 235 Å². The molecule has 0 amide bonds. The molecular weight excluding hydrogens is 492 g/mol. The molecule has 3 nitrogen and oxygen atoms in total. The first-order valence-corrected chi connectivity index (χ1v) is 14.7. The molecular formula is C34H45ClO3. The number of rotatable bonds is 21. The van der Waals surface area contributed by atoms with Crippen LogP contribution in [0, 0.1) is 5.41 Å². The predicted octanol–water partition coefficient (Wildman–Crippen LogP) is 8.98. The van der Waals surface area contributed by atoms with Crippen LogP contribution in [0.3, 0.4) is 0 Å². The van der Waals surface area contributed by atoms with Gasteiger partial charge in [0.05, 0.1) is 19.8 Å².